The fourth-order valence-electron chi connectivity index (χ4n) is 3.61. The molecule has 0 amide bonds. The molecule has 29 heavy (non-hydrogen) atoms. The van der Waals surface area contributed by atoms with E-state index < -0.39 is 10.0 Å². The van der Waals surface area contributed by atoms with Crippen molar-refractivity contribution < 1.29 is 8.42 Å². The van der Waals surface area contributed by atoms with Crippen molar-refractivity contribution >= 4 is 56.2 Å². The number of halogens is 2. The Morgan fingerprint density at radius 3 is 2.52 bits per heavy atom. The van der Waals surface area contributed by atoms with E-state index in [9.17, 15) is 8.42 Å². The van der Waals surface area contributed by atoms with E-state index in [1.807, 2.05) is 30.3 Å². The predicted octanol–water partition coefficient (Wildman–Crippen LogP) is 4.52. The molecular weight excluding hydrogens is 429 g/mol. The number of benzene rings is 3. The number of fused-ring (bicyclic) bond motifs is 1. The van der Waals surface area contributed by atoms with Crippen molar-refractivity contribution in [1.29, 1.82) is 0 Å². The van der Waals surface area contributed by atoms with Crippen LogP contribution < -0.4 is 14.9 Å². The molecule has 0 radical (unpaired) electrons. The van der Waals surface area contributed by atoms with Crippen LogP contribution in [0.15, 0.2) is 65.6 Å². The van der Waals surface area contributed by atoms with Crippen LogP contribution in [-0.4, -0.2) is 34.6 Å². The zero-order valence-electron chi connectivity index (χ0n) is 15.8. The molecule has 1 heterocycles. The third-order valence-corrected chi connectivity index (χ3v) is 6.58. The Kier molecular flexibility index (Phi) is 6.90. The molecule has 0 aliphatic carbocycles. The van der Waals surface area contributed by atoms with E-state index in [-0.39, 0.29) is 17.3 Å². The Morgan fingerprint density at radius 2 is 1.72 bits per heavy atom. The van der Waals surface area contributed by atoms with Crippen molar-refractivity contribution in [3.63, 3.8) is 0 Å². The first-order valence-electron chi connectivity index (χ1n) is 9.30. The molecule has 0 atom stereocenters. The normalized spacial score (nSPS) is 14.9. The second-order valence-corrected chi connectivity index (χ2v) is 8.92. The quantitative estimate of drug-likeness (QED) is 0.612. The van der Waals surface area contributed by atoms with Crippen molar-refractivity contribution in [3.8, 4) is 0 Å². The SMILES string of the molecule is Cl.O=S(=O)(Nc1cccc(Cl)c1)c1ccc(N2CCCNCC2)c2ccccc12. The van der Waals surface area contributed by atoms with Crippen LogP contribution in [0.1, 0.15) is 6.42 Å². The highest BCUT2D eigenvalue weighted by atomic mass is 35.5. The second kappa shape index (κ2) is 9.22. The maximum Gasteiger partial charge on any atom is 0.262 e. The first-order chi connectivity index (χ1) is 13.5. The lowest BCUT2D eigenvalue weighted by molar-refractivity contribution is 0.602. The summed E-state index contributed by atoms with van der Waals surface area (Å²) in [7, 11) is -3.75. The first-order valence-corrected chi connectivity index (χ1v) is 11.2. The highest BCUT2D eigenvalue weighted by Gasteiger charge is 2.21. The maximum atomic E-state index is 13.1. The van der Waals surface area contributed by atoms with Gasteiger partial charge in [0.15, 0.2) is 0 Å². The Morgan fingerprint density at radius 1 is 0.931 bits per heavy atom. The molecule has 3 aromatic rings. The van der Waals surface area contributed by atoms with Gasteiger partial charge in [0, 0.05) is 41.1 Å². The number of hydrogen-bond donors (Lipinski definition) is 2. The summed E-state index contributed by atoms with van der Waals surface area (Å²) in [5.41, 5.74) is 1.51. The minimum atomic E-state index is -3.75. The number of rotatable bonds is 4. The first kappa shape index (κ1) is 21.7. The lowest BCUT2D eigenvalue weighted by Crippen LogP contribution is -2.28. The molecule has 1 aliphatic heterocycles. The number of sulfonamides is 1. The van der Waals surface area contributed by atoms with Crippen LogP contribution in [0.3, 0.4) is 0 Å². The summed E-state index contributed by atoms with van der Waals surface area (Å²) in [4.78, 5) is 2.59. The fraction of sp³-hybridized carbons (Fsp3) is 0.238. The smallest absolute Gasteiger partial charge is 0.262 e. The largest absolute Gasteiger partial charge is 0.370 e. The minimum Gasteiger partial charge on any atom is -0.370 e. The summed E-state index contributed by atoms with van der Waals surface area (Å²) in [5, 5.41) is 5.54. The Balaban J connectivity index is 0.00000240. The lowest BCUT2D eigenvalue weighted by Gasteiger charge is -2.25. The Labute approximate surface area is 182 Å². The summed E-state index contributed by atoms with van der Waals surface area (Å²) in [5.74, 6) is 0. The van der Waals surface area contributed by atoms with Crippen molar-refractivity contribution in [3.05, 3.63) is 65.7 Å². The van der Waals surface area contributed by atoms with Gasteiger partial charge in [0.1, 0.15) is 0 Å². The van der Waals surface area contributed by atoms with Gasteiger partial charge < -0.3 is 10.2 Å². The monoisotopic (exact) mass is 451 g/mol. The average molecular weight is 452 g/mol. The van der Waals surface area contributed by atoms with Crippen LogP contribution in [0, 0.1) is 0 Å². The lowest BCUT2D eigenvalue weighted by atomic mass is 10.1. The van der Waals surface area contributed by atoms with Crippen LogP contribution in [0.5, 0.6) is 0 Å². The summed E-state index contributed by atoms with van der Waals surface area (Å²) in [6.07, 6.45) is 1.06. The van der Waals surface area contributed by atoms with Gasteiger partial charge in [-0.25, -0.2) is 8.42 Å². The third kappa shape index (κ3) is 4.78. The Bertz CT molecular complexity index is 1100. The molecule has 5 nitrogen and oxygen atoms in total. The van der Waals surface area contributed by atoms with Gasteiger partial charge in [-0.15, -0.1) is 12.4 Å². The van der Waals surface area contributed by atoms with Gasteiger partial charge in [-0.2, -0.15) is 0 Å². The summed E-state index contributed by atoms with van der Waals surface area (Å²) < 4.78 is 28.8. The highest BCUT2D eigenvalue weighted by molar-refractivity contribution is 7.93. The fourth-order valence-corrected chi connectivity index (χ4v) is 5.07. The summed E-state index contributed by atoms with van der Waals surface area (Å²) in [6, 6.07) is 18.0. The molecule has 0 saturated carbocycles. The molecule has 1 saturated heterocycles. The van der Waals surface area contributed by atoms with E-state index in [0.29, 0.717) is 16.1 Å². The minimum absolute atomic E-state index is 0. The van der Waals surface area contributed by atoms with E-state index >= 15 is 0 Å². The van der Waals surface area contributed by atoms with Gasteiger partial charge in [0.2, 0.25) is 0 Å². The number of hydrogen-bond acceptors (Lipinski definition) is 4. The third-order valence-electron chi connectivity index (χ3n) is 4.91. The van der Waals surface area contributed by atoms with Gasteiger partial charge in [0.05, 0.1) is 10.6 Å². The molecule has 154 valence electrons. The molecule has 2 N–H and O–H groups in total. The predicted molar refractivity (Wildman–Crippen MR) is 123 cm³/mol. The Hall–Kier alpha value is -1.99. The van der Waals surface area contributed by atoms with Crippen LogP contribution in [-0.2, 0) is 10.0 Å². The number of nitrogens with one attached hydrogen (secondary N) is 2. The van der Waals surface area contributed by atoms with E-state index in [1.165, 1.54) is 0 Å². The highest BCUT2D eigenvalue weighted by Crippen LogP contribution is 2.33. The zero-order chi connectivity index (χ0) is 19.6. The van der Waals surface area contributed by atoms with Crippen molar-refractivity contribution in [2.45, 2.75) is 11.3 Å². The van der Waals surface area contributed by atoms with Gasteiger partial charge in [-0.1, -0.05) is 41.9 Å². The molecule has 0 spiro atoms. The summed E-state index contributed by atoms with van der Waals surface area (Å²) >= 11 is 5.99. The van der Waals surface area contributed by atoms with Gasteiger partial charge in [-0.05, 0) is 43.3 Å². The number of anilines is 2. The average Bonchev–Trinajstić information content (AvgIpc) is 2.96. The van der Waals surface area contributed by atoms with E-state index in [0.717, 1.165) is 43.7 Å². The van der Waals surface area contributed by atoms with Crippen LogP contribution in [0.2, 0.25) is 5.02 Å². The maximum absolute atomic E-state index is 13.1. The molecule has 0 bridgehead atoms. The van der Waals surface area contributed by atoms with Gasteiger partial charge in [-0.3, -0.25) is 4.72 Å². The zero-order valence-corrected chi connectivity index (χ0v) is 18.2. The molecule has 8 heteroatoms. The summed E-state index contributed by atoms with van der Waals surface area (Å²) in [6.45, 7) is 3.77. The van der Waals surface area contributed by atoms with E-state index in [4.69, 9.17) is 11.6 Å². The van der Waals surface area contributed by atoms with Gasteiger partial charge in [0.25, 0.3) is 10.0 Å². The molecular formula is C21H23Cl2N3O2S. The molecule has 0 unspecified atom stereocenters. The second-order valence-electron chi connectivity index (χ2n) is 6.83. The molecule has 1 fully saturated rings. The van der Waals surface area contributed by atoms with Crippen LogP contribution in [0.4, 0.5) is 11.4 Å². The molecule has 1 aliphatic rings. The topological polar surface area (TPSA) is 61.4 Å². The molecule has 0 aromatic heterocycles. The van der Waals surface area contributed by atoms with Crippen LogP contribution in [0.25, 0.3) is 10.8 Å². The molecule has 3 aromatic carbocycles. The van der Waals surface area contributed by atoms with Crippen molar-refractivity contribution in [1.82, 2.24) is 5.32 Å². The number of nitrogens with zero attached hydrogens (tertiary/aromatic N) is 1. The standard InChI is InChI=1S/C21H22ClN3O2S.ClH/c22-16-5-3-6-17(15-16)24-28(26,27)21-10-9-20(18-7-1-2-8-19(18)21)25-13-4-11-23-12-14-25;/h1-3,5-10,15,23-24H,4,11-14H2;1H. The van der Waals surface area contributed by atoms with Crippen molar-refractivity contribution in [2.75, 3.05) is 35.8 Å². The van der Waals surface area contributed by atoms with Gasteiger partial charge >= 0.3 is 0 Å². The van der Waals surface area contributed by atoms with Crippen molar-refractivity contribution in [2.24, 2.45) is 0 Å². The van der Waals surface area contributed by atoms with E-state index in [1.54, 1.807) is 30.3 Å². The van der Waals surface area contributed by atoms with E-state index in [2.05, 4.69) is 14.9 Å². The molecule has 4 rings (SSSR count). The van der Waals surface area contributed by atoms with Crippen LogP contribution >= 0.6 is 24.0 Å².